The van der Waals surface area contributed by atoms with Gasteiger partial charge in [-0.3, -0.25) is 19.3 Å². The number of nitrogens with zero attached hydrogens (tertiary/aromatic N) is 1. The van der Waals surface area contributed by atoms with Crippen molar-refractivity contribution in [2.45, 2.75) is 25.7 Å². The molecule has 2 aliphatic carbocycles. The van der Waals surface area contributed by atoms with Crippen LogP contribution in [0.3, 0.4) is 0 Å². The fourth-order valence-corrected chi connectivity index (χ4v) is 5.43. The van der Waals surface area contributed by atoms with Crippen molar-refractivity contribution in [3.05, 3.63) is 27.7 Å². The molecule has 1 aromatic carbocycles. The summed E-state index contributed by atoms with van der Waals surface area (Å²) in [6.45, 7) is 0.143. The number of carbonyl (C=O) groups excluding carboxylic acids is 3. The highest BCUT2D eigenvalue weighted by atomic mass is 79.9. The van der Waals surface area contributed by atoms with Crippen molar-refractivity contribution in [2.75, 3.05) is 11.9 Å². The van der Waals surface area contributed by atoms with E-state index in [1.54, 1.807) is 18.2 Å². The fourth-order valence-electron chi connectivity index (χ4n) is 4.71. The topological polar surface area (TPSA) is 66.5 Å². The second-order valence-corrected chi connectivity index (χ2v) is 8.46. The summed E-state index contributed by atoms with van der Waals surface area (Å²) in [6.07, 6.45) is 3.21. The summed E-state index contributed by atoms with van der Waals surface area (Å²) in [6, 6.07) is 5.19. The minimum Gasteiger partial charge on any atom is -0.325 e. The van der Waals surface area contributed by atoms with Crippen LogP contribution in [0.15, 0.2) is 22.7 Å². The van der Waals surface area contributed by atoms with Gasteiger partial charge in [0.2, 0.25) is 17.7 Å². The Hall–Kier alpha value is -1.40. The van der Waals surface area contributed by atoms with Gasteiger partial charge in [-0.1, -0.05) is 27.5 Å². The molecular formula is C18H18BrClN2O3. The van der Waals surface area contributed by atoms with Crippen molar-refractivity contribution in [3.63, 3.8) is 0 Å². The first kappa shape index (κ1) is 17.0. The highest BCUT2D eigenvalue weighted by molar-refractivity contribution is 9.10. The summed E-state index contributed by atoms with van der Waals surface area (Å²) in [4.78, 5) is 38.7. The lowest BCUT2D eigenvalue weighted by Gasteiger charge is -2.19. The molecule has 2 bridgehead atoms. The van der Waals surface area contributed by atoms with Crippen LogP contribution in [0.2, 0.25) is 5.02 Å². The summed E-state index contributed by atoms with van der Waals surface area (Å²) >= 11 is 9.40. The average molecular weight is 426 g/mol. The van der Waals surface area contributed by atoms with Crippen LogP contribution >= 0.6 is 27.5 Å². The molecule has 4 atom stereocenters. The number of halogens is 2. The number of nitrogens with one attached hydrogen (secondary N) is 1. The molecule has 3 fully saturated rings. The van der Waals surface area contributed by atoms with E-state index in [0.29, 0.717) is 22.5 Å². The minimum atomic E-state index is -0.259. The first-order valence-electron chi connectivity index (χ1n) is 8.56. The molecule has 0 radical (unpaired) electrons. The number of fused-ring (bicyclic) bond motifs is 5. The molecule has 4 rings (SSSR count). The van der Waals surface area contributed by atoms with E-state index in [0.717, 1.165) is 23.7 Å². The Kier molecular flexibility index (Phi) is 4.36. The van der Waals surface area contributed by atoms with Crippen molar-refractivity contribution in [1.29, 1.82) is 0 Å². The predicted octanol–water partition coefficient (Wildman–Crippen LogP) is 3.46. The number of imide groups is 1. The molecule has 1 saturated heterocycles. The van der Waals surface area contributed by atoms with Crippen molar-refractivity contribution in [1.82, 2.24) is 4.90 Å². The number of benzene rings is 1. The van der Waals surface area contributed by atoms with Crippen LogP contribution in [-0.4, -0.2) is 29.2 Å². The standard InChI is InChI=1S/C18H18BrClN2O3/c19-11-3-4-13(12(20)8-11)21-14(23)5-6-22-17(24)15-9-1-2-10(7-9)16(15)18(22)25/h3-4,8-10,15-16H,1-2,5-7H2,(H,21,23)/t9-,10-,15-,16+/m0/s1. The van der Waals surface area contributed by atoms with Gasteiger partial charge < -0.3 is 5.32 Å². The number of carbonyl (C=O) groups is 3. The minimum absolute atomic E-state index is 0.0725. The molecule has 0 spiro atoms. The molecule has 2 saturated carbocycles. The first-order valence-corrected chi connectivity index (χ1v) is 9.73. The molecule has 3 aliphatic rings. The van der Waals surface area contributed by atoms with Crippen LogP contribution in [0.1, 0.15) is 25.7 Å². The van der Waals surface area contributed by atoms with Crippen LogP contribution in [0.5, 0.6) is 0 Å². The van der Waals surface area contributed by atoms with Gasteiger partial charge in [0.05, 0.1) is 22.5 Å². The predicted molar refractivity (Wildman–Crippen MR) is 96.9 cm³/mol. The Balaban J connectivity index is 1.37. The molecule has 0 aromatic heterocycles. The van der Waals surface area contributed by atoms with Gasteiger partial charge in [-0.05, 0) is 49.3 Å². The first-order chi connectivity index (χ1) is 12.0. The Labute approximate surface area is 159 Å². The summed E-state index contributed by atoms with van der Waals surface area (Å²) in [5.74, 6) is 0.0716. The number of amides is 3. The molecule has 0 unspecified atom stereocenters. The van der Waals surface area contributed by atoms with Gasteiger partial charge in [0.15, 0.2) is 0 Å². The Bertz CT molecular complexity index is 741. The lowest BCUT2D eigenvalue weighted by molar-refractivity contribution is -0.140. The number of hydrogen-bond acceptors (Lipinski definition) is 3. The molecule has 7 heteroatoms. The maximum Gasteiger partial charge on any atom is 0.233 e. The van der Waals surface area contributed by atoms with Crippen LogP contribution in [0.25, 0.3) is 0 Å². The van der Waals surface area contributed by atoms with Crippen LogP contribution < -0.4 is 5.32 Å². The van der Waals surface area contributed by atoms with Gasteiger partial charge in [0, 0.05) is 17.4 Å². The summed E-state index contributed by atoms with van der Waals surface area (Å²) in [5, 5.41) is 3.16. The van der Waals surface area contributed by atoms with Crippen molar-refractivity contribution < 1.29 is 14.4 Å². The fraction of sp³-hybridized carbons (Fsp3) is 0.500. The SMILES string of the molecule is O=C(CCN1C(=O)[C@@H]2[C@H]3CC[C@@H](C3)[C@@H]2C1=O)Nc1ccc(Br)cc1Cl. The van der Waals surface area contributed by atoms with Crippen LogP contribution in [0, 0.1) is 23.7 Å². The molecule has 1 N–H and O–H groups in total. The third-order valence-corrected chi connectivity index (χ3v) is 6.59. The molecule has 1 aromatic rings. The maximum absolute atomic E-state index is 12.6. The van der Waals surface area contributed by atoms with E-state index in [1.165, 1.54) is 4.90 Å². The molecule has 3 amide bonds. The third kappa shape index (κ3) is 2.89. The number of anilines is 1. The zero-order valence-corrected chi connectivity index (χ0v) is 15.8. The van der Waals surface area contributed by atoms with Crippen molar-refractivity contribution in [3.8, 4) is 0 Å². The molecule has 25 heavy (non-hydrogen) atoms. The molecular weight excluding hydrogens is 408 g/mol. The Morgan fingerprint density at radius 3 is 2.44 bits per heavy atom. The lowest BCUT2D eigenvalue weighted by atomic mass is 9.81. The van der Waals surface area contributed by atoms with E-state index in [1.807, 2.05) is 0 Å². The molecule has 1 aliphatic heterocycles. The van der Waals surface area contributed by atoms with Crippen molar-refractivity contribution in [2.24, 2.45) is 23.7 Å². The highest BCUT2D eigenvalue weighted by Gasteiger charge is 2.60. The largest absolute Gasteiger partial charge is 0.325 e. The van der Waals surface area contributed by atoms with Crippen LogP contribution in [-0.2, 0) is 14.4 Å². The van der Waals surface area contributed by atoms with Gasteiger partial charge in [-0.15, -0.1) is 0 Å². The lowest BCUT2D eigenvalue weighted by Crippen LogP contribution is -2.35. The second-order valence-electron chi connectivity index (χ2n) is 7.14. The van der Waals surface area contributed by atoms with E-state index in [4.69, 9.17) is 11.6 Å². The highest BCUT2D eigenvalue weighted by Crippen LogP contribution is 2.56. The quantitative estimate of drug-likeness (QED) is 0.751. The van der Waals surface area contributed by atoms with E-state index in [-0.39, 0.29) is 42.5 Å². The Morgan fingerprint density at radius 2 is 1.84 bits per heavy atom. The van der Waals surface area contributed by atoms with Gasteiger partial charge in [0.1, 0.15) is 0 Å². The second kappa shape index (κ2) is 6.40. The van der Waals surface area contributed by atoms with E-state index >= 15 is 0 Å². The van der Waals surface area contributed by atoms with Crippen LogP contribution in [0.4, 0.5) is 5.69 Å². The van der Waals surface area contributed by atoms with Gasteiger partial charge in [0.25, 0.3) is 0 Å². The van der Waals surface area contributed by atoms with Gasteiger partial charge in [-0.25, -0.2) is 0 Å². The van der Waals surface area contributed by atoms with E-state index < -0.39 is 0 Å². The number of hydrogen-bond donors (Lipinski definition) is 1. The normalized spacial score (nSPS) is 30.1. The summed E-state index contributed by atoms with van der Waals surface area (Å²) < 4.78 is 0.824. The van der Waals surface area contributed by atoms with Crippen molar-refractivity contribution >= 4 is 50.9 Å². The molecule has 5 nitrogen and oxygen atoms in total. The molecule has 132 valence electrons. The smallest absolute Gasteiger partial charge is 0.233 e. The zero-order valence-electron chi connectivity index (χ0n) is 13.5. The van der Waals surface area contributed by atoms with Gasteiger partial charge >= 0.3 is 0 Å². The number of rotatable bonds is 4. The van der Waals surface area contributed by atoms with E-state index in [9.17, 15) is 14.4 Å². The molecule has 1 heterocycles. The zero-order chi connectivity index (χ0) is 17.7. The third-order valence-electron chi connectivity index (χ3n) is 5.79. The van der Waals surface area contributed by atoms with E-state index in [2.05, 4.69) is 21.2 Å². The average Bonchev–Trinajstić information content (AvgIpc) is 3.23. The monoisotopic (exact) mass is 424 g/mol. The maximum atomic E-state index is 12.6. The summed E-state index contributed by atoms with van der Waals surface area (Å²) in [5.41, 5.74) is 0.517. The van der Waals surface area contributed by atoms with Gasteiger partial charge in [-0.2, -0.15) is 0 Å². The Morgan fingerprint density at radius 1 is 1.20 bits per heavy atom. The number of likely N-dealkylation sites (tertiary alicyclic amines) is 1. The summed E-state index contributed by atoms with van der Waals surface area (Å²) in [7, 11) is 0.